The number of hydrogen-bond donors (Lipinski definition) is 0. The normalized spacial score (nSPS) is 16.9. The van der Waals surface area contributed by atoms with Crippen molar-refractivity contribution in [3.8, 4) is 11.4 Å². The molecule has 0 N–H and O–H groups in total. The van der Waals surface area contributed by atoms with Crippen LogP contribution in [-0.4, -0.2) is 47.3 Å². The quantitative estimate of drug-likeness (QED) is 0.853. The summed E-state index contributed by atoms with van der Waals surface area (Å²) in [5.41, 5.74) is 0.871. The van der Waals surface area contributed by atoms with E-state index in [9.17, 15) is 0 Å². The van der Waals surface area contributed by atoms with Gasteiger partial charge >= 0.3 is 6.01 Å². The molecule has 0 spiro atoms. The predicted octanol–water partition coefficient (Wildman–Crippen LogP) is 3.70. The number of anilines is 1. The van der Waals surface area contributed by atoms with E-state index in [0.717, 1.165) is 31.5 Å². The van der Waals surface area contributed by atoms with Crippen LogP contribution in [0.1, 0.15) is 26.7 Å². The highest BCUT2D eigenvalue weighted by Gasteiger charge is 2.26. The van der Waals surface area contributed by atoms with Gasteiger partial charge in [0.25, 0.3) is 0 Å². The summed E-state index contributed by atoms with van der Waals surface area (Å²) in [4.78, 5) is 9.15. The summed E-state index contributed by atoms with van der Waals surface area (Å²) in [5, 5.41) is 4.76. The second-order valence-electron chi connectivity index (χ2n) is 6.38. The maximum Gasteiger partial charge on any atom is 0.324 e. The van der Waals surface area contributed by atoms with Gasteiger partial charge in [-0.1, -0.05) is 28.9 Å². The zero-order valence-corrected chi connectivity index (χ0v) is 14.6. The van der Waals surface area contributed by atoms with Crippen LogP contribution in [-0.2, 0) is 0 Å². The smallest absolute Gasteiger partial charge is 0.324 e. The average molecular weight is 335 g/mol. The molecule has 6 heteroatoms. The Labute approximate surface area is 142 Å². The van der Waals surface area contributed by atoms with Crippen molar-refractivity contribution in [1.82, 2.24) is 15.0 Å². The van der Waals surface area contributed by atoms with E-state index in [1.165, 1.54) is 0 Å². The van der Waals surface area contributed by atoms with Gasteiger partial charge in [0.1, 0.15) is 0 Å². The number of aromatic nitrogens is 2. The zero-order chi connectivity index (χ0) is 16.4. The molecule has 1 aliphatic heterocycles. The van der Waals surface area contributed by atoms with Crippen LogP contribution in [0.3, 0.4) is 0 Å². The molecule has 23 heavy (non-hydrogen) atoms. The molecular formula is C17H23ClN4O. The largest absolute Gasteiger partial charge is 0.324 e. The third-order valence-corrected chi connectivity index (χ3v) is 4.81. The number of halogens is 1. The van der Waals surface area contributed by atoms with Gasteiger partial charge in [0, 0.05) is 42.8 Å². The Bertz CT molecular complexity index is 650. The fourth-order valence-electron chi connectivity index (χ4n) is 3.05. The summed E-state index contributed by atoms with van der Waals surface area (Å²) < 4.78 is 5.46. The van der Waals surface area contributed by atoms with E-state index in [1.807, 2.05) is 31.3 Å². The molecule has 3 rings (SSSR count). The lowest BCUT2D eigenvalue weighted by Gasteiger charge is -2.37. The van der Waals surface area contributed by atoms with E-state index in [2.05, 4.69) is 33.8 Å². The monoisotopic (exact) mass is 334 g/mol. The van der Waals surface area contributed by atoms with Crippen molar-refractivity contribution in [3.63, 3.8) is 0 Å². The maximum atomic E-state index is 6.02. The van der Waals surface area contributed by atoms with E-state index < -0.39 is 0 Å². The van der Waals surface area contributed by atoms with Crippen molar-refractivity contribution < 1.29 is 4.52 Å². The lowest BCUT2D eigenvalue weighted by molar-refractivity contribution is 0.169. The topological polar surface area (TPSA) is 45.4 Å². The summed E-state index contributed by atoms with van der Waals surface area (Å²) in [6, 6.07) is 9.12. The van der Waals surface area contributed by atoms with Crippen LogP contribution < -0.4 is 4.90 Å². The Morgan fingerprint density at radius 2 is 2.04 bits per heavy atom. The minimum Gasteiger partial charge on any atom is -0.324 e. The summed E-state index contributed by atoms with van der Waals surface area (Å²) in [6.07, 6.45) is 2.23. The highest BCUT2D eigenvalue weighted by atomic mass is 35.5. The Morgan fingerprint density at radius 3 is 2.70 bits per heavy atom. The third kappa shape index (κ3) is 3.67. The highest BCUT2D eigenvalue weighted by molar-refractivity contribution is 6.30. The van der Waals surface area contributed by atoms with Crippen molar-refractivity contribution in [1.29, 1.82) is 0 Å². The standard InChI is InChI=1S/C17H23ClN4O/c1-12(2)22-9-7-15(8-10-22)21(3)17-19-16(20-23-17)13-5-4-6-14(18)11-13/h4-6,11-12,15H,7-10H2,1-3H3. The lowest BCUT2D eigenvalue weighted by atomic mass is 10.0. The van der Waals surface area contributed by atoms with Gasteiger partial charge in [0.15, 0.2) is 0 Å². The minimum absolute atomic E-state index is 0.442. The van der Waals surface area contributed by atoms with E-state index >= 15 is 0 Å². The van der Waals surface area contributed by atoms with Gasteiger partial charge in [-0.3, -0.25) is 0 Å². The molecule has 1 fully saturated rings. The second-order valence-corrected chi connectivity index (χ2v) is 6.82. The molecule has 0 aliphatic carbocycles. The Kier molecular flexibility index (Phi) is 4.87. The molecule has 5 nitrogen and oxygen atoms in total. The van der Waals surface area contributed by atoms with Gasteiger partial charge in [0.2, 0.25) is 5.82 Å². The fraction of sp³-hybridized carbons (Fsp3) is 0.529. The van der Waals surface area contributed by atoms with E-state index in [0.29, 0.717) is 28.9 Å². The van der Waals surface area contributed by atoms with Crippen molar-refractivity contribution in [2.24, 2.45) is 0 Å². The van der Waals surface area contributed by atoms with Crippen LogP contribution in [0.15, 0.2) is 28.8 Å². The molecule has 1 aromatic carbocycles. The molecule has 2 heterocycles. The average Bonchev–Trinajstić information content (AvgIpc) is 3.04. The van der Waals surface area contributed by atoms with Crippen molar-refractivity contribution in [2.45, 2.75) is 38.8 Å². The summed E-state index contributed by atoms with van der Waals surface area (Å²) in [7, 11) is 2.03. The molecule has 0 bridgehead atoms. The number of hydrogen-bond acceptors (Lipinski definition) is 5. The van der Waals surface area contributed by atoms with Crippen molar-refractivity contribution in [3.05, 3.63) is 29.3 Å². The first-order chi connectivity index (χ1) is 11.0. The summed E-state index contributed by atoms with van der Waals surface area (Å²) in [6.45, 7) is 6.72. The molecule has 2 aromatic rings. The van der Waals surface area contributed by atoms with Crippen LogP contribution in [0.2, 0.25) is 5.02 Å². The third-order valence-electron chi connectivity index (χ3n) is 4.58. The van der Waals surface area contributed by atoms with E-state index in [4.69, 9.17) is 16.1 Å². The van der Waals surface area contributed by atoms with Gasteiger partial charge < -0.3 is 14.3 Å². The predicted molar refractivity (Wildman–Crippen MR) is 92.9 cm³/mol. The molecule has 0 unspecified atom stereocenters. The Hall–Kier alpha value is -1.59. The maximum absolute atomic E-state index is 6.02. The SMILES string of the molecule is CC(C)N1CCC(N(C)c2nc(-c3cccc(Cl)c3)no2)CC1. The van der Waals surface area contributed by atoms with Crippen molar-refractivity contribution >= 4 is 17.6 Å². The van der Waals surface area contributed by atoms with Crippen LogP contribution in [0, 0.1) is 0 Å². The first-order valence-electron chi connectivity index (χ1n) is 8.11. The van der Waals surface area contributed by atoms with Crippen molar-refractivity contribution in [2.75, 3.05) is 25.0 Å². The number of rotatable bonds is 4. The van der Waals surface area contributed by atoms with Gasteiger partial charge in [-0.25, -0.2) is 0 Å². The highest BCUT2D eigenvalue weighted by Crippen LogP contribution is 2.25. The molecule has 0 amide bonds. The summed E-state index contributed by atoms with van der Waals surface area (Å²) >= 11 is 6.02. The van der Waals surface area contributed by atoms with E-state index in [-0.39, 0.29) is 0 Å². The molecule has 0 radical (unpaired) electrons. The Morgan fingerprint density at radius 1 is 1.30 bits per heavy atom. The first kappa shape index (κ1) is 16.3. The molecule has 124 valence electrons. The molecule has 1 aromatic heterocycles. The number of piperidine rings is 1. The number of benzene rings is 1. The molecular weight excluding hydrogens is 312 g/mol. The molecule has 0 atom stereocenters. The summed E-state index contributed by atoms with van der Waals surface area (Å²) in [5.74, 6) is 0.578. The Balaban J connectivity index is 1.68. The van der Waals surface area contributed by atoms with Gasteiger partial charge in [-0.2, -0.15) is 4.98 Å². The molecule has 1 aliphatic rings. The fourth-order valence-corrected chi connectivity index (χ4v) is 3.24. The van der Waals surface area contributed by atoms with E-state index in [1.54, 1.807) is 0 Å². The number of likely N-dealkylation sites (tertiary alicyclic amines) is 1. The molecule has 1 saturated heterocycles. The minimum atomic E-state index is 0.442. The van der Waals surface area contributed by atoms with Crippen LogP contribution in [0.5, 0.6) is 0 Å². The zero-order valence-electron chi connectivity index (χ0n) is 13.9. The van der Waals surface area contributed by atoms with Crippen LogP contribution in [0.4, 0.5) is 6.01 Å². The lowest BCUT2D eigenvalue weighted by Crippen LogP contribution is -2.45. The second kappa shape index (κ2) is 6.89. The van der Waals surface area contributed by atoms with Crippen LogP contribution >= 0.6 is 11.6 Å². The first-order valence-corrected chi connectivity index (χ1v) is 8.49. The molecule has 0 saturated carbocycles. The van der Waals surface area contributed by atoms with Gasteiger partial charge in [-0.15, -0.1) is 0 Å². The van der Waals surface area contributed by atoms with Crippen LogP contribution in [0.25, 0.3) is 11.4 Å². The number of nitrogens with zero attached hydrogens (tertiary/aromatic N) is 4. The van der Waals surface area contributed by atoms with Gasteiger partial charge in [-0.05, 0) is 38.8 Å². The van der Waals surface area contributed by atoms with Gasteiger partial charge in [0.05, 0.1) is 0 Å².